The summed E-state index contributed by atoms with van der Waals surface area (Å²) in [7, 11) is 0. The first-order chi connectivity index (χ1) is 14.5. The van der Waals surface area contributed by atoms with Crippen LogP contribution >= 0.6 is 0 Å². The molecular weight excluding hydrogens is 402 g/mol. The minimum Gasteiger partial charge on any atom is -0.442 e. The van der Waals surface area contributed by atoms with Crippen LogP contribution in [0, 0.1) is 11.8 Å². The van der Waals surface area contributed by atoms with Gasteiger partial charge in [0.1, 0.15) is 11.3 Å². The number of rotatable bonds is 9. The summed E-state index contributed by atoms with van der Waals surface area (Å²) in [5, 5.41) is 0.943. The highest BCUT2D eigenvalue weighted by atomic mass is 16.6. The molecule has 0 unspecified atom stereocenters. The molecule has 1 aromatic rings. The predicted octanol–water partition coefficient (Wildman–Crippen LogP) is 2.00. The molecule has 10 heteroatoms. The van der Waals surface area contributed by atoms with E-state index in [0.717, 1.165) is 24.3 Å². The summed E-state index contributed by atoms with van der Waals surface area (Å²) >= 11 is 0. The average molecular weight is 434 g/mol. The summed E-state index contributed by atoms with van der Waals surface area (Å²) in [6, 6.07) is 0. The molecule has 0 aliphatic heterocycles. The van der Waals surface area contributed by atoms with E-state index in [9.17, 15) is 19.2 Å². The summed E-state index contributed by atoms with van der Waals surface area (Å²) in [6.07, 6.45) is 6.86. The number of aromatic nitrogens is 2. The van der Waals surface area contributed by atoms with E-state index in [1.54, 1.807) is 20.8 Å². The van der Waals surface area contributed by atoms with Crippen molar-refractivity contribution >= 4 is 23.7 Å². The molecule has 1 saturated carbocycles. The molecule has 31 heavy (non-hydrogen) atoms. The first-order valence-electron chi connectivity index (χ1n) is 10.4. The smallest absolute Gasteiger partial charge is 0.429 e. The van der Waals surface area contributed by atoms with Crippen molar-refractivity contribution in [2.45, 2.75) is 64.9 Å². The topological polar surface area (TPSA) is 145 Å². The maximum atomic E-state index is 13.0. The molecule has 1 aromatic heterocycles. The molecule has 0 saturated heterocycles. The molecule has 1 heterocycles. The van der Waals surface area contributed by atoms with Crippen LogP contribution in [0.3, 0.4) is 0 Å². The van der Waals surface area contributed by atoms with Gasteiger partial charge in [-0.3, -0.25) is 24.8 Å². The normalized spacial score (nSPS) is 14.8. The van der Waals surface area contributed by atoms with Gasteiger partial charge in [0.2, 0.25) is 11.8 Å². The number of ether oxygens (including phenoxy) is 1. The second-order valence-electron chi connectivity index (χ2n) is 8.77. The Morgan fingerprint density at radius 2 is 1.97 bits per heavy atom. The summed E-state index contributed by atoms with van der Waals surface area (Å²) in [6.45, 7) is 4.94. The van der Waals surface area contributed by atoms with E-state index in [2.05, 4.69) is 15.4 Å². The lowest BCUT2D eigenvalue weighted by molar-refractivity contribution is -0.131. The number of nitrogens with two attached hydrogens (primary N) is 1. The molecule has 1 atom stereocenters. The monoisotopic (exact) mass is 433 g/mol. The van der Waals surface area contributed by atoms with Crippen LogP contribution in [0.2, 0.25) is 0 Å². The van der Waals surface area contributed by atoms with Crippen LogP contribution in [-0.2, 0) is 14.3 Å². The van der Waals surface area contributed by atoms with Crippen molar-refractivity contribution in [3.63, 3.8) is 0 Å². The van der Waals surface area contributed by atoms with Gasteiger partial charge in [-0.2, -0.15) is 0 Å². The standard InChI is InChI=1S/C21H31N5O5/c1-21(2,3)31-20(30)26(10-7-18(22)28)25-19(29)15(11-14-5-4-6-14)12-17(27)16-13-23-8-9-24-16/h8-9,13-15H,4-7,10-12H2,1-3H3,(H2,22,28)(H,25,29)/t15-/m1/s1. The number of nitrogens with zero attached hydrogens (tertiary/aromatic N) is 3. The molecule has 2 rings (SSSR count). The molecule has 1 aliphatic carbocycles. The number of hydrogen-bond donors (Lipinski definition) is 2. The van der Waals surface area contributed by atoms with Crippen molar-refractivity contribution < 1.29 is 23.9 Å². The first-order valence-corrected chi connectivity index (χ1v) is 10.4. The second-order valence-corrected chi connectivity index (χ2v) is 8.77. The summed E-state index contributed by atoms with van der Waals surface area (Å²) in [5.74, 6) is -1.70. The second kappa shape index (κ2) is 10.8. The lowest BCUT2D eigenvalue weighted by atomic mass is 9.77. The Labute approximate surface area is 181 Å². The quantitative estimate of drug-likeness (QED) is 0.447. The maximum Gasteiger partial charge on any atom is 0.429 e. The Morgan fingerprint density at radius 1 is 1.26 bits per heavy atom. The van der Waals surface area contributed by atoms with Crippen molar-refractivity contribution in [2.75, 3.05) is 6.54 Å². The summed E-state index contributed by atoms with van der Waals surface area (Å²) < 4.78 is 5.31. The van der Waals surface area contributed by atoms with Gasteiger partial charge in [-0.1, -0.05) is 19.3 Å². The van der Waals surface area contributed by atoms with Gasteiger partial charge >= 0.3 is 6.09 Å². The van der Waals surface area contributed by atoms with Gasteiger partial charge in [0.25, 0.3) is 0 Å². The third kappa shape index (κ3) is 8.31. The van der Waals surface area contributed by atoms with Crippen molar-refractivity contribution in [2.24, 2.45) is 17.6 Å². The van der Waals surface area contributed by atoms with E-state index in [1.165, 1.54) is 18.6 Å². The third-order valence-electron chi connectivity index (χ3n) is 4.93. The number of Topliss-reactive ketones (excluding diaryl/α,β-unsaturated/α-hetero) is 1. The van der Waals surface area contributed by atoms with E-state index in [0.29, 0.717) is 12.3 Å². The van der Waals surface area contributed by atoms with Crippen LogP contribution < -0.4 is 11.2 Å². The zero-order chi connectivity index (χ0) is 23.0. The molecule has 0 radical (unpaired) electrons. The van der Waals surface area contributed by atoms with Crippen molar-refractivity contribution in [3.05, 3.63) is 24.3 Å². The molecule has 1 fully saturated rings. The molecule has 10 nitrogen and oxygen atoms in total. The highest BCUT2D eigenvalue weighted by Crippen LogP contribution is 2.33. The fraction of sp³-hybridized carbons (Fsp3) is 0.619. The number of amides is 3. The number of carbonyl (C=O) groups excluding carboxylic acids is 4. The van der Waals surface area contributed by atoms with E-state index >= 15 is 0 Å². The van der Waals surface area contributed by atoms with Gasteiger partial charge < -0.3 is 10.5 Å². The number of hydrazine groups is 1. The van der Waals surface area contributed by atoms with Crippen LogP contribution in [0.25, 0.3) is 0 Å². The van der Waals surface area contributed by atoms with Gasteiger partial charge in [-0.25, -0.2) is 14.8 Å². The zero-order valence-electron chi connectivity index (χ0n) is 18.3. The molecule has 3 amide bonds. The van der Waals surface area contributed by atoms with Crippen molar-refractivity contribution in [1.82, 2.24) is 20.4 Å². The number of carbonyl (C=O) groups is 4. The van der Waals surface area contributed by atoms with Crippen LogP contribution in [0.5, 0.6) is 0 Å². The van der Waals surface area contributed by atoms with Crippen molar-refractivity contribution in [3.8, 4) is 0 Å². The molecule has 170 valence electrons. The van der Waals surface area contributed by atoms with Gasteiger partial charge in [-0.15, -0.1) is 0 Å². The minimum absolute atomic E-state index is 0.0565. The SMILES string of the molecule is CC(C)(C)OC(=O)N(CCC(N)=O)NC(=O)[C@@H](CC(=O)c1cnccn1)CC1CCC1. The van der Waals surface area contributed by atoms with Gasteiger partial charge in [-0.05, 0) is 33.1 Å². The lowest BCUT2D eigenvalue weighted by Gasteiger charge is -2.31. The maximum absolute atomic E-state index is 13.0. The van der Waals surface area contributed by atoms with Gasteiger partial charge in [0.15, 0.2) is 5.78 Å². The Hall–Kier alpha value is -3.04. The van der Waals surface area contributed by atoms with E-state index in [4.69, 9.17) is 10.5 Å². The molecule has 0 aromatic carbocycles. The molecule has 0 spiro atoms. The van der Waals surface area contributed by atoms with Gasteiger partial charge in [0, 0.05) is 31.2 Å². The highest BCUT2D eigenvalue weighted by molar-refractivity contribution is 5.97. The number of hydrogen-bond acceptors (Lipinski definition) is 7. The molecule has 3 N–H and O–H groups in total. The third-order valence-corrected chi connectivity index (χ3v) is 4.93. The first kappa shape index (κ1) is 24.2. The van der Waals surface area contributed by atoms with Crippen LogP contribution in [0.15, 0.2) is 18.6 Å². The number of primary amides is 1. The number of ketones is 1. The fourth-order valence-electron chi connectivity index (χ4n) is 3.14. The molecular formula is C21H31N5O5. The van der Waals surface area contributed by atoms with E-state index in [-0.39, 0.29) is 30.9 Å². The summed E-state index contributed by atoms with van der Waals surface area (Å²) in [5.41, 5.74) is 7.12. The largest absolute Gasteiger partial charge is 0.442 e. The lowest BCUT2D eigenvalue weighted by Crippen LogP contribution is -2.51. The average Bonchev–Trinajstić information content (AvgIpc) is 2.65. The molecule has 0 bridgehead atoms. The Bertz CT molecular complexity index is 789. The van der Waals surface area contributed by atoms with Gasteiger partial charge in [0.05, 0.1) is 12.7 Å². The Morgan fingerprint density at radius 3 is 2.48 bits per heavy atom. The molecule has 1 aliphatic rings. The van der Waals surface area contributed by atoms with E-state index < -0.39 is 29.4 Å². The number of nitrogens with one attached hydrogen (secondary N) is 1. The van der Waals surface area contributed by atoms with E-state index in [1.807, 2.05) is 0 Å². The zero-order valence-corrected chi connectivity index (χ0v) is 18.3. The predicted molar refractivity (Wildman–Crippen MR) is 111 cm³/mol. The Balaban J connectivity index is 2.12. The highest BCUT2D eigenvalue weighted by Gasteiger charge is 2.32. The fourth-order valence-corrected chi connectivity index (χ4v) is 3.14. The minimum atomic E-state index is -0.801. The van der Waals surface area contributed by atoms with Crippen molar-refractivity contribution in [1.29, 1.82) is 0 Å². The Kier molecular flexibility index (Phi) is 8.47. The van der Waals surface area contributed by atoms with Crippen LogP contribution in [0.1, 0.15) is 69.8 Å². The summed E-state index contributed by atoms with van der Waals surface area (Å²) in [4.78, 5) is 57.3. The van der Waals surface area contributed by atoms with Crippen LogP contribution in [0.4, 0.5) is 4.79 Å². The van der Waals surface area contributed by atoms with Crippen LogP contribution in [-0.4, -0.2) is 50.8 Å².